The van der Waals surface area contributed by atoms with Crippen LogP contribution in [0.4, 0.5) is 4.39 Å². The van der Waals surface area contributed by atoms with E-state index in [1.807, 2.05) is 24.4 Å². The number of nitrogens with zero attached hydrogens (tertiary/aromatic N) is 2. The van der Waals surface area contributed by atoms with Crippen molar-refractivity contribution in [1.29, 1.82) is 0 Å². The number of hydrogen-bond acceptors (Lipinski definition) is 3. The van der Waals surface area contributed by atoms with Gasteiger partial charge in [0.15, 0.2) is 0 Å². The molecule has 27 heavy (non-hydrogen) atoms. The standard InChI is InChI=1S/C21H16FN3O2/c22-17-6-2-15(3-7-17)20-11-10-19(27-20)14-23-21(26)16-4-8-18(9-5-16)25-13-1-12-24-25/h1-13H,14H2,(H,23,26). The number of furan rings is 1. The quantitative estimate of drug-likeness (QED) is 0.579. The summed E-state index contributed by atoms with van der Waals surface area (Å²) in [5, 5.41) is 6.98. The summed E-state index contributed by atoms with van der Waals surface area (Å²) in [6, 6.07) is 18.7. The highest BCUT2D eigenvalue weighted by Gasteiger charge is 2.09. The number of hydrogen-bond donors (Lipinski definition) is 1. The van der Waals surface area contributed by atoms with Crippen molar-refractivity contribution in [2.45, 2.75) is 6.54 Å². The Morgan fingerprint density at radius 2 is 1.81 bits per heavy atom. The van der Waals surface area contributed by atoms with E-state index in [1.54, 1.807) is 47.3 Å². The number of carbonyl (C=O) groups excluding carboxylic acids is 1. The minimum atomic E-state index is -0.295. The number of halogens is 1. The fraction of sp³-hybridized carbons (Fsp3) is 0.0476. The zero-order chi connectivity index (χ0) is 18.6. The maximum Gasteiger partial charge on any atom is 0.251 e. The van der Waals surface area contributed by atoms with E-state index in [0.717, 1.165) is 11.3 Å². The lowest BCUT2D eigenvalue weighted by atomic mass is 10.2. The first-order valence-corrected chi connectivity index (χ1v) is 8.42. The van der Waals surface area contributed by atoms with Crippen molar-refractivity contribution in [2.75, 3.05) is 0 Å². The molecule has 2 aromatic carbocycles. The second-order valence-corrected chi connectivity index (χ2v) is 5.95. The summed E-state index contributed by atoms with van der Waals surface area (Å²) < 4.78 is 20.4. The van der Waals surface area contributed by atoms with Crippen LogP contribution in [-0.2, 0) is 6.54 Å². The van der Waals surface area contributed by atoms with Crippen LogP contribution in [0.15, 0.2) is 83.5 Å². The van der Waals surface area contributed by atoms with Crippen molar-refractivity contribution in [1.82, 2.24) is 15.1 Å². The Kier molecular flexibility index (Phi) is 4.53. The maximum atomic E-state index is 13.0. The molecule has 0 fully saturated rings. The average Bonchev–Trinajstić information content (AvgIpc) is 3.39. The number of benzene rings is 2. The Balaban J connectivity index is 1.38. The van der Waals surface area contributed by atoms with Gasteiger partial charge in [-0.05, 0) is 66.7 Å². The molecule has 0 radical (unpaired) electrons. The molecule has 1 N–H and O–H groups in total. The number of amides is 1. The predicted molar refractivity (Wildman–Crippen MR) is 98.8 cm³/mol. The number of nitrogens with one attached hydrogen (secondary N) is 1. The third-order valence-corrected chi connectivity index (χ3v) is 4.11. The minimum absolute atomic E-state index is 0.193. The second kappa shape index (κ2) is 7.29. The van der Waals surface area contributed by atoms with Crippen LogP contribution in [0.3, 0.4) is 0 Å². The Morgan fingerprint density at radius 1 is 1.04 bits per heavy atom. The Hall–Kier alpha value is -3.67. The Bertz CT molecular complexity index is 1040. The fourth-order valence-corrected chi connectivity index (χ4v) is 2.70. The van der Waals surface area contributed by atoms with Gasteiger partial charge in [-0.3, -0.25) is 4.79 Å². The van der Waals surface area contributed by atoms with Gasteiger partial charge in [0.1, 0.15) is 17.3 Å². The van der Waals surface area contributed by atoms with Crippen molar-refractivity contribution >= 4 is 5.91 Å². The molecule has 0 aliphatic carbocycles. The third-order valence-electron chi connectivity index (χ3n) is 4.11. The van der Waals surface area contributed by atoms with Crippen molar-refractivity contribution in [3.05, 3.63) is 96.3 Å². The van der Waals surface area contributed by atoms with Crippen molar-refractivity contribution in [3.8, 4) is 17.0 Å². The molecule has 0 bridgehead atoms. The largest absolute Gasteiger partial charge is 0.459 e. The van der Waals surface area contributed by atoms with E-state index in [0.29, 0.717) is 17.1 Å². The van der Waals surface area contributed by atoms with E-state index in [2.05, 4.69) is 10.4 Å². The SMILES string of the molecule is O=C(NCc1ccc(-c2ccc(F)cc2)o1)c1ccc(-n2cccn2)cc1. The van der Waals surface area contributed by atoms with E-state index in [9.17, 15) is 9.18 Å². The van der Waals surface area contributed by atoms with Crippen LogP contribution in [0.2, 0.25) is 0 Å². The van der Waals surface area contributed by atoms with Crippen molar-refractivity contribution in [3.63, 3.8) is 0 Å². The van der Waals surface area contributed by atoms with E-state index in [-0.39, 0.29) is 18.3 Å². The molecule has 4 aromatic rings. The number of aromatic nitrogens is 2. The van der Waals surface area contributed by atoms with Crippen LogP contribution in [0.25, 0.3) is 17.0 Å². The van der Waals surface area contributed by atoms with Crippen LogP contribution in [-0.4, -0.2) is 15.7 Å². The van der Waals surface area contributed by atoms with Crippen LogP contribution < -0.4 is 5.32 Å². The topological polar surface area (TPSA) is 60.1 Å². The molecule has 2 aromatic heterocycles. The first-order chi connectivity index (χ1) is 13.2. The lowest BCUT2D eigenvalue weighted by molar-refractivity contribution is 0.0948. The number of carbonyl (C=O) groups is 1. The van der Waals surface area contributed by atoms with Gasteiger partial charge in [0, 0.05) is 23.5 Å². The molecule has 0 aliphatic heterocycles. The average molecular weight is 361 g/mol. The minimum Gasteiger partial charge on any atom is -0.459 e. The summed E-state index contributed by atoms with van der Waals surface area (Å²) in [5.41, 5.74) is 2.21. The van der Waals surface area contributed by atoms with Gasteiger partial charge in [-0.25, -0.2) is 9.07 Å². The summed E-state index contributed by atoms with van der Waals surface area (Å²) in [6.45, 7) is 0.265. The van der Waals surface area contributed by atoms with E-state index < -0.39 is 0 Å². The molecule has 0 unspecified atom stereocenters. The normalized spacial score (nSPS) is 10.7. The fourth-order valence-electron chi connectivity index (χ4n) is 2.70. The van der Waals surface area contributed by atoms with Crippen molar-refractivity contribution < 1.29 is 13.6 Å². The zero-order valence-corrected chi connectivity index (χ0v) is 14.3. The van der Waals surface area contributed by atoms with Gasteiger partial charge < -0.3 is 9.73 Å². The molecule has 134 valence electrons. The predicted octanol–water partition coefficient (Wildman–Crippen LogP) is 4.20. The van der Waals surface area contributed by atoms with Crippen LogP contribution >= 0.6 is 0 Å². The molecule has 5 nitrogen and oxygen atoms in total. The monoisotopic (exact) mass is 361 g/mol. The summed E-state index contributed by atoms with van der Waals surface area (Å²) in [7, 11) is 0. The van der Waals surface area contributed by atoms with Crippen LogP contribution in [0, 0.1) is 5.82 Å². The Morgan fingerprint density at radius 3 is 2.52 bits per heavy atom. The van der Waals surface area contributed by atoms with Gasteiger partial charge in [-0.1, -0.05) is 0 Å². The smallest absolute Gasteiger partial charge is 0.251 e. The molecular weight excluding hydrogens is 345 g/mol. The highest BCUT2D eigenvalue weighted by Crippen LogP contribution is 2.22. The summed E-state index contributed by atoms with van der Waals surface area (Å²) in [6.07, 6.45) is 3.54. The molecular formula is C21H16FN3O2. The van der Waals surface area contributed by atoms with Gasteiger partial charge >= 0.3 is 0 Å². The molecule has 0 saturated carbocycles. The highest BCUT2D eigenvalue weighted by molar-refractivity contribution is 5.94. The third kappa shape index (κ3) is 3.79. The molecule has 0 spiro atoms. The lowest BCUT2D eigenvalue weighted by Gasteiger charge is -2.05. The first-order valence-electron chi connectivity index (χ1n) is 8.42. The van der Waals surface area contributed by atoms with Crippen molar-refractivity contribution in [2.24, 2.45) is 0 Å². The summed E-state index contributed by atoms with van der Waals surface area (Å²) >= 11 is 0. The van der Waals surface area contributed by atoms with Crippen LogP contribution in [0.1, 0.15) is 16.1 Å². The van der Waals surface area contributed by atoms with Gasteiger partial charge in [0.05, 0.1) is 12.2 Å². The molecule has 0 aliphatic rings. The second-order valence-electron chi connectivity index (χ2n) is 5.95. The number of rotatable bonds is 5. The van der Waals surface area contributed by atoms with E-state index in [4.69, 9.17) is 4.42 Å². The summed E-state index contributed by atoms with van der Waals surface area (Å²) in [5.74, 6) is 0.761. The van der Waals surface area contributed by atoms with Crippen LogP contribution in [0.5, 0.6) is 0 Å². The lowest BCUT2D eigenvalue weighted by Crippen LogP contribution is -2.22. The molecule has 0 saturated heterocycles. The Labute approximate surface area is 155 Å². The molecule has 0 atom stereocenters. The van der Waals surface area contributed by atoms with E-state index >= 15 is 0 Å². The van der Waals surface area contributed by atoms with Gasteiger partial charge in [0.2, 0.25) is 0 Å². The van der Waals surface area contributed by atoms with E-state index in [1.165, 1.54) is 12.1 Å². The van der Waals surface area contributed by atoms with Gasteiger partial charge in [-0.15, -0.1) is 0 Å². The van der Waals surface area contributed by atoms with Gasteiger partial charge in [-0.2, -0.15) is 5.10 Å². The zero-order valence-electron chi connectivity index (χ0n) is 14.3. The molecule has 6 heteroatoms. The highest BCUT2D eigenvalue weighted by atomic mass is 19.1. The maximum absolute atomic E-state index is 13.0. The molecule has 4 rings (SSSR count). The van der Waals surface area contributed by atoms with Gasteiger partial charge in [0.25, 0.3) is 5.91 Å². The summed E-state index contributed by atoms with van der Waals surface area (Å²) in [4.78, 5) is 12.3. The first kappa shape index (κ1) is 16.8. The molecule has 2 heterocycles. The molecule has 1 amide bonds.